The summed E-state index contributed by atoms with van der Waals surface area (Å²) >= 11 is 0. The third-order valence-corrected chi connectivity index (χ3v) is 5.44. The van der Waals surface area contributed by atoms with Crippen LogP contribution in [0.15, 0.2) is 54.4 Å². The average molecular weight is 411 g/mol. The summed E-state index contributed by atoms with van der Waals surface area (Å²) in [5, 5.41) is 10.9. The van der Waals surface area contributed by atoms with Gasteiger partial charge in [0.25, 0.3) is 11.7 Å². The number of ketones is 1. The van der Waals surface area contributed by atoms with Crippen LogP contribution in [0.3, 0.4) is 0 Å². The Balaban J connectivity index is 1.71. The summed E-state index contributed by atoms with van der Waals surface area (Å²) in [6.45, 7) is 3.72. The Hall–Kier alpha value is -3.10. The van der Waals surface area contributed by atoms with Crippen LogP contribution in [-0.2, 0) is 14.3 Å². The van der Waals surface area contributed by atoms with Crippen molar-refractivity contribution in [1.82, 2.24) is 14.8 Å². The van der Waals surface area contributed by atoms with Crippen molar-refractivity contribution in [2.45, 2.75) is 6.04 Å². The number of halogens is 1. The summed E-state index contributed by atoms with van der Waals surface area (Å²) in [4.78, 5) is 33.4. The first kappa shape index (κ1) is 20.2. The van der Waals surface area contributed by atoms with E-state index in [9.17, 15) is 19.1 Å². The fourth-order valence-corrected chi connectivity index (χ4v) is 3.84. The largest absolute Gasteiger partial charge is 0.507 e. The van der Waals surface area contributed by atoms with E-state index < -0.39 is 23.5 Å². The van der Waals surface area contributed by atoms with E-state index >= 15 is 0 Å². The highest BCUT2D eigenvalue weighted by molar-refractivity contribution is 6.46. The smallest absolute Gasteiger partial charge is 0.295 e. The average Bonchev–Trinajstić information content (AvgIpc) is 3.04. The molecule has 30 heavy (non-hydrogen) atoms. The molecule has 156 valence electrons. The first-order chi connectivity index (χ1) is 14.6. The summed E-state index contributed by atoms with van der Waals surface area (Å²) in [5.74, 6) is -2.18. The van der Waals surface area contributed by atoms with Crippen molar-refractivity contribution in [3.63, 3.8) is 0 Å². The van der Waals surface area contributed by atoms with Gasteiger partial charge in [-0.25, -0.2) is 4.39 Å². The maximum absolute atomic E-state index is 13.3. The number of pyridine rings is 1. The van der Waals surface area contributed by atoms with Gasteiger partial charge in [-0.05, 0) is 42.0 Å². The molecule has 2 saturated heterocycles. The number of carbonyl (C=O) groups is 2. The van der Waals surface area contributed by atoms with Gasteiger partial charge in [-0.1, -0.05) is 0 Å². The molecule has 0 spiro atoms. The van der Waals surface area contributed by atoms with Crippen LogP contribution in [0.5, 0.6) is 0 Å². The highest BCUT2D eigenvalue weighted by Crippen LogP contribution is 2.39. The van der Waals surface area contributed by atoms with E-state index in [4.69, 9.17) is 4.74 Å². The van der Waals surface area contributed by atoms with Crippen LogP contribution in [0.25, 0.3) is 5.76 Å². The fourth-order valence-electron chi connectivity index (χ4n) is 3.84. The third-order valence-electron chi connectivity index (χ3n) is 5.44. The second-order valence-corrected chi connectivity index (χ2v) is 7.23. The lowest BCUT2D eigenvalue weighted by atomic mass is 9.96. The van der Waals surface area contributed by atoms with Gasteiger partial charge in [-0.3, -0.25) is 19.5 Å². The molecule has 1 aromatic heterocycles. The molecule has 8 heteroatoms. The summed E-state index contributed by atoms with van der Waals surface area (Å²) < 4.78 is 18.7. The summed E-state index contributed by atoms with van der Waals surface area (Å²) in [6, 6.07) is 7.87. The predicted molar refractivity (Wildman–Crippen MR) is 107 cm³/mol. The number of hydrogen-bond acceptors (Lipinski definition) is 6. The van der Waals surface area contributed by atoms with E-state index in [0.717, 1.165) is 13.1 Å². The minimum atomic E-state index is -0.749. The number of aliphatic hydroxyl groups excluding tert-OH is 1. The maximum atomic E-state index is 13.3. The summed E-state index contributed by atoms with van der Waals surface area (Å²) in [5.41, 5.74) is 0.955. The molecule has 1 amide bonds. The topological polar surface area (TPSA) is 83.0 Å². The first-order valence-corrected chi connectivity index (χ1v) is 9.80. The Bertz CT molecular complexity index is 956. The van der Waals surface area contributed by atoms with E-state index in [1.807, 2.05) is 0 Å². The van der Waals surface area contributed by atoms with Gasteiger partial charge < -0.3 is 14.7 Å². The van der Waals surface area contributed by atoms with Gasteiger partial charge in [0.1, 0.15) is 11.6 Å². The van der Waals surface area contributed by atoms with Crippen molar-refractivity contribution in [1.29, 1.82) is 0 Å². The number of aliphatic hydroxyl groups is 1. The Kier molecular flexibility index (Phi) is 5.87. The number of hydrogen-bond donors (Lipinski definition) is 1. The van der Waals surface area contributed by atoms with Crippen molar-refractivity contribution in [2.75, 3.05) is 39.4 Å². The van der Waals surface area contributed by atoms with Crippen molar-refractivity contribution in [2.24, 2.45) is 0 Å². The fraction of sp³-hybridized carbons (Fsp3) is 0.318. The number of Topliss-reactive ketones (excluding diaryl/α,β-unsaturated/α-hetero) is 1. The standard InChI is InChI=1S/C22H22FN3O4/c23-17-3-1-16(2-4-17)20(27)18-19(15-5-7-24-8-6-15)26(22(29)21(18)28)10-9-25-11-13-30-14-12-25/h1-8,19,27H,9-14H2/b20-18+. The zero-order valence-electron chi connectivity index (χ0n) is 16.3. The van der Waals surface area contributed by atoms with Crippen molar-refractivity contribution in [3.8, 4) is 0 Å². The molecule has 3 heterocycles. The molecule has 2 fully saturated rings. The quantitative estimate of drug-likeness (QED) is 0.460. The minimum Gasteiger partial charge on any atom is -0.507 e. The molecule has 7 nitrogen and oxygen atoms in total. The zero-order chi connectivity index (χ0) is 21.1. The number of aromatic nitrogens is 1. The molecule has 4 rings (SSSR count). The molecule has 2 aliphatic rings. The number of morpholine rings is 1. The van der Waals surface area contributed by atoms with Gasteiger partial charge in [-0.15, -0.1) is 0 Å². The van der Waals surface area contributed by atoms with Crippen molar-refractivity contribution < 1.29 is 23.8 Å². The number of carbonyl (C=O) groups excluding carboxylic acids is 2. The van der Waals surface area contributed by atoms with E-state index in [-0.39, 0.29) is 16.9 Å². The van der Waals surface area contributed by atoms with Crippen LogP contribution >= 0.6 is 0 Å². The van der Waals surface area contributed by atoms with Crippen molar-refractivity contribution >= 4 is 17.4 Å². The SMILES string of the molecule is O=C1C(=O)N(CCN2CCOCC2)C(c2ccncc2)/C1=C(\O)c1ccc(F)cc1. The lowest BCUT2D eigenvalue weighted by Gasteiger charge is -2.30. The molecule has 1 unspecified atom stereocenters. The third kappa shape index (κ3) is 3.96. The van der Waals surface area contributed by atoms with E-state index in [0.29, 0.717) is 31.9 Å². The molecular formula is C22H22FN3O4. The van der Waals surface area contributed by atoms with Crippen LogP contribution < -0.4 is 0 Å². The molecule has 1 aromatic carbocycles. The van der Waals surface area contributed by atoms with Gasteiger partial charge >= 0.3 is 0 Å². The molecule has 2 aliphatic heterocycles. The van der Waals surface area contributed by atoms with Gasteiger partial charge in [0.15, 0.2) is 0 Å². The van der Waals surface area contributed by atoms with E-state index in [1.165, 1.54) is 29.2 Å². The number of benzene rings is 1. The number of nitrogens with zero attached hydrogens (tertiary/aromatic N) is 3. The first-order valence-electron chi connectivity index (χ1n) is 9.80. The highest BCUT2D eigenvalue weighted by Gasteiger charge is 2.46. The van der Waals surface area contributed by atoms with Gasteiger partial charge in [-0.2, -0.15) is 0 Å². The summed E-state index contributed by atoms with van der Waals surface area (Å²) in [7, 11) is 0. The van der Waals surface area contributed by atoms with Crippen LogP contribution in [-0.4, -0.2) is 71.0 Å². The Morgan fingerprint density at radius 1 is 1.07 bits per heavy atom. The Morgan fingerprint density at radius 3 is 2.40 bits per heavy atom. The van der Waals surface area contributed by atoms with Gasteiger partial charge in [0, 0.05) is 44.1 Å². The number of likely N-dealkylation sites (tertiary alicyclic amines) is 1. The van der Waals surface area contributed by atoms with Crippen LogP contribution in [0, 0.1) is 5.82 Å². The lowest BCUT2D eigenvalue weighted by molar-refractivity contribution is -0.140. The molecule has 1 atom stereocenters. The van der Waals surface area contributed by atoms with Crippen LogP contribution in [0.1, 0.15) is 17.2 Å². The van der Waals surface area contributed by atoms with Gasteiger partial charge in [0.05, 0.1) is 24.8 Å². The van der Waals surface area contributed by atoms with Crippen molar-refractivity contribution in [3.05, 3.63) is 71.3 Å². The normalized spacial score (nSPS) is 21.9. The second-order valence-electron chi connectivity index (χ2n) is 7.23. The molecule has 2 aromatic rings. The number of rotatable bonds is 5. The van der Waals surface area contributed by atoms with E-state index in [1.54, 1.807) is 24.5 Å². The number of amides is 1. The minimum absolute atomic E-state index is 0.000198. The molecule has 0 bridgehead atoms. The monoisotopic (exact) mass is 411 g/mol. The van der Waals surface area contributed by atoms with Crippen LogP contribution in [0.4, 0.5) is 4.39 Å². The van der Waals surface area contributed by atoms with Crippen LogP contribution in [0.2, 0.25) is 0 Å². The summed E-state index contributed by atoms with van der Waals surface area (Å²) in [6.07, 6.45) is 3.16. The zero-order valence-corrected chi connectivity index (χ0v) is 16.3. The predicted octanol–water partition coefficient (Wildman–Crippen LogP) is 1.97. The Morgan fingerprint density at radius 2 is 1.73 bits per heavy atom. The van der Waals surface area contributed by atoms with Gasteiger partial charge in [0.2, 0.25) is 0 Å². The molecule has 0 radical (unpaired) electrons. The highest BCUT2D eigenvalue weighted by atomic mass is 19.1. The second kappa shape index (κ2) is 8.73. The molecular weight excluding hydrogens is 389 g/mol. The van der Waals surface area contributed by atoms with E-state index in [2.05, 4.69) is 9.88 Å². The molecule has 1 N–H and O–H groups in total. The molecule has 0 saturated carbocycles. The Labute approximate surface area is 173 Å². The lowest BCUT2D eigenvalue weighted by Crippen LogP contribution is -2.42. The molecule has 0 aliphatic carbocycles. The maximum Gasteiger partial charge on any atom is 0.295 e. The number of ether oxygens (including phenoxy) is 1.